The number of nitrogens with zero attached hydrogens (tertiary/aromatic N) is 2. The first-order chi connectivity index (χ1) is 10.8. The molecule has 0 saturated heterocycles. The zero-order chi connectivity index (χ0) is 15.4. The average molecular weight is 335 g/mol. The van der Waals surface area contributed by atoms with Crippen LogP contribution in [0.2, 0.25) is 0 Å². The summed E-state index contributed by atoms with van der Waals surface area (Å²) in [5.74, 6) is 0.0203. The van der Waals surface area contributed by atoms with Gasteiger partial charge in [0, 0.05) is 43.9 Å². The van der Waals surface area contributed by atoms with Gasteiger partial charge in [-0.2, -0.15) is 5.10 Å². The van der Waals surface area contributed by atoms with E-state index in [-0.39, 0.29) is 18.3 Å². The second-order valence-electron chi connectivity index (χ2n) is 5.67. The van der Waals surface area contributed by atoms with Crippen LogP contribution in [0.3, 0.4) is 0 Å². The molecule has 3 rings (SSSR count). The number of aromatic amines is 1. The Balaban J connectivity index is 0.00000192. The molecule has 6 heteroatoms. The summed E-state index contributed by atoms with van der Waals surface area (Å²) in [6.07, 6.45) is 1.84. The molecule has 0 atom stereocenters. The number of fused-ring (bicyclic) bond motifs is 1. The van der Waals surface area contributed by atoms with Crippen molar-refractivity contribution in [2.45, 2.75) is 32.9 Å². The zero-order valence-corrected chi connectivity index (χ0v) is 14.2. The SMILES string of the molecule is CCCN(Cc1ccccc1)C(=O)c1n[nH]c2c1CNCC2.Cl. The van der Waals surface area contributed by atoms with Gasteiger partial charge in [-0.25, -0.2) is 0 Å². The first-order valence-electron chi connectivity index (χ1n) is 7.89. The summed E-state index contributed by atoms with van der Waals surface area (Å²) in [5.41, 5.74) is 3.85. The number of amides is 1. The first-order valence-corrected chi connectivity index (χ1v) is 7.89. The maximum Gasteiger partial charge on any atom is 0.274 e. The molecule has 2 heterocycles. The fourth-order valence-electron chi connectivity index (χ4n) is 2.88. The minimum Gasteiger partial charge on any atom is -0.333 e. The van der Waals surface area contributed by atoms with Crippen LogP contribution in [0.5, 0.6) is 0 Å². The summed E-state index contributed by atoms with van der Waals surface area (Å²) in [6.45, 7) is 5.11. The van der Waals surface area contributed by atoms with Crippen LogP contribution in [-0.2, 0) is 19.5 Å². The molecule has 2 aromatic rings. The normalized spacial score (nSPS) is 13.1. The van der Waals surface area contributed by atoms with Crippen molar-refractivity contribution in [3.8, 4) is 0 Å². The van der Waals surface area contributed by atoms with Crippen molar-refractivity contribution in [3.05, 3.63) is 52.8 Å². The third-order valence-electron chi connectivity index (χ3n) is 4.01. The van der Waals surface area contributed by atoms with Crippen molar-refractivity contribution in [1.82, 2.24) is 20.4 Å². The van der Waals surface area contributed by atoms with Crippen molar-refractivity contribution in [3.63, 3.8) is 0 Å². The molecule has 0 fully saturated rings. The van der Waals surface area contributed by atoms with Gasteiger partial charge in [-0.1, -0.05) is 37.3 Å². The second-order valence-corrected chi connectivity index (χ2v) is 5.67. The van der Waals surface area contributed by atoms with Crippen LogP contribution in [0.25, 0.3) is 0 Å². The summed E-state index contributed by atoms with van der Waals surface area (Å²) < 4.78 is 0. The van der Waals surface area contributed by atoms with E-state index < -0.39 is 0 Å². The van der Waals surface area contributed by atoms with Crippen LogP contribution in [0.1, 0.15) is 40.7 Å². The van der Waals surface area contributed by atoms with Gasteiger partial charge >= 0.3 is 0 Å². The molecular formula is C17H23ClN4O. The highest BCUT2D eigenvalue weighted by atomic mass is 35.5. The van der Waals surface area contributed by atoms with Gasteiger partial charge in [-0.05, 0) is 12.0 Å². The Labute approximate surface area is 142 Å². The van der Waals surface area contributed by atoms with Crippen molar-refractivity contribution in [2.24, 2.45) is 0 Å². The number of carbonyl (C=O) groups excluding carboxylic acids is 1. The van der Waals surface area contributed by atoms with E-state index in [0.717, 1.165) is 49.3 Å². The third kappa shape index (κ3) is 3.92. The highest BCUT2D eigenvalue weighted by molar-refractivity contribution is 5.94. The number of benzene rings is 1. The molecule has 5 nitrogen and oxygen atoms in total. The predicted octanol–water partition coefficient (Wildman–Crippen LogP) is 2.53. The molecule has 0 radical (unpaired) electrons. The number of aromatic nitrogens is 2. The van der Waals surface area contributed by atoms with Crippen LogP contribution in [0.4, 0.5) is 0 Å². The Bertz CT molecular complexity index is 641. The Kier molecular flexibility index (Phi) is 6.19. The lowest BCUT2D eigenvalue weighted by atomic mass is 10.1. The van der Waals surface area contributed by atoms with Crippen LogP contribution < -0.4 is 5.32 Å². The minimum absolute atomic E-state index is 0. The third-order valence-corrected chi connectivity index (χ3v) is 4.01. The standard InChI is InChI=1S/C17H22N4O.ClH/c1-2-10-21(12-13-6-4-3-5-7-13)17(22)16-14-11-18-9-8-15(14)19-20-16;/h3-7,18H,2,8-12H2,1H3,(H,19,20);1H. The molecule has 124 valence electrons. The van der Waals surface area contributed by atoms with Gasteiger partial charge in [0.15, 0.2) is 5.69 Å². The summed E-state index contributed by atoms with van der Waals surface area (Å²) in [6, 6.07) is 10.1. The number of halogens is 1. The van der Waals surface area contributed by atoms with Crippen molar-refractivity contribution in [1.29, 1.82) is 0 Å². The first kappa shape index (κ1) is 17.5. The lowest BCUT2D eigenvalue weighted by Crippen LogP contribution is -2.33. The lowest BCUT2D eigenvalue weighted by Gasteiger charge is -2.22. The summed E-state index contributed by atoms with van der Waals surface area (Å²) in [7, 11) is 0. The molecule has 0 bridgehead atoms. The Morgan fingerprint density at radius 2 is 2.09 bits per heavy atom. The molecule has 0 spiro atoms. The van der Waals surface area contributed by atoms with Crippen molar-refractivity contribution < 1.29 is 4.79 Å². The molecule has 1 aliphatic rings. The molecule has 1 aromatic carbocycles. The summed E-state index contributed by atoms with van der Waals surface area (Å²) in [4.78, 5) is 14.8. The lowest BCUT2D eigenvalue weighted by molar-refractivity contribution is 0.0736. The highest BCUT2D eigenvalue weighted by Crippen LogP contribution is 2.18. The molecule has 1 aromatic heterocycles. The maximum atomic E-state index is 12.9. The predicted molar refractivity (Wildman–Crippen MR) is 92.7 cm³/mol. The molecule has 1 amide bonds. The van der Waals surface area contributed by atoms with E-state index >= 15 is 0 Å². The van der Waals surface area contributed by atoms with Gasteiger partial charge in [-0.3, -0.25) is 9.89 Å². The van der Waals surface area contributed by atoms with E-state index in [0.29, 0.717) is 12.2 Å². The van der Waals surface area contributed by atoms with Gasteiger partial charge in [0.2, 0.25) is 0 Å². The smallest absolute Gasteiger partial charge is 0.274 e. The van der Waals surface area contributed by atoms with E-state index in [1.54, 1.807) is 0 Å². The average Bonchev–Trinajstić information content (AvgIpc) is 2.99. The van der Waals surface area contributed by atoms with Gasteiger partial charge in [-0.15, -0.1) is 12.4 Å². The summed E-state index contributed by atoms with van der Waals surface area (Å²) >= 11 is 0. The Hall–Kier alpha value is -1.85. The van der Waals surface area contributed by atoms with Gasteiger partial charge in [0.25, 0.3) is 5.91 Å². The largest absolute Gasteiger partial charge is 0.333 e. The number of H-pyrrole nitrogens is 1. The number of nitrogens with one attached hydrogen (secondary N) is 2. The van der Waals surface area contributed by atoms with E-state index in [1.807, 2.05) is 23.1 Å². The van der Waals surface area contributed by atoms with Gasteiger partial charge < -0.3 is 10.2 Å². The van der Waals surface area contributed by atoms with E-state index in [9.17, 15) is 4.79 Å². The number of hydrogen-bond donors (Lipinski definition) is 2. The van der Waals surface area contributed by atoms with Crippen LogP contribution in [-0.4, -0.2) is 34.1 Å². The zero-order valence-electron chi connectivity index (χ0n) is 13.3. The molecule has 1 aliphatic heterocycles. The summed E-state index contributed by atoms with van der Waals surface area (Å²) in [5, 5.41) is 10.6. The highest BCUT2D eigenvalue weighted by Gasteiger charge is 2.25. The Morgan fingerprint density at radius 3 is 2.83 bits per heavy atom. The van der Waals surface area contributed by atoms with Crippen LogP contribution >= 0.6 is 12.4 Å². The quantitative estimate of drug-likeness (QED) is 0.883. The number of hydrogen-bond acceptors (Lipinski definition) is 3. The monoisotopic (exact) mass is 334 g/mol. The molecule has 23 heavy (non-hydrogen) atoms. The fraction of sp³-hybridized carbons (Fsp3) is 0.412. The van der Waals surface area contributed by atoms with Crippen LogP contribution in [0, 0.1) is 0 Å². The number of rotatable bonds is 5. The van der Waals surface area contributed by atoms with Crippen LogP contribution in [0.15, 0.2) is 30.3 Å². The second kappa shape index (κ2) is 8.13. The van der Waals surface area contributed by atoms with Gasteiger partial charge in [0.1, 0.15) is 0 Å². The minimum atomic E-state index is 0. The van der Waals surface area contributed by atoms with E-state index in [4.69, 9.17) is 0 Å². The molecule has 0 saturated carbocycles. The van der Waals surface area contributed by atoms with Crippen molar-refractivity contribution in [2.75, 3.05) is 13.1 Å². The molecule has 0 aliphatic carbocycles. The molecule has 0 unspecified atom stereocenters. The molecule has 2 N–H and O–H groups in total. The molecular weight excluding hydrogens is 312 g/mol. The number of carbonyl (C=O) groups is 1. The van der Waals surface area contributed by atoms with E-state index in [1.165, 1.54) is 0 Å². The van der Waals surface area contributed by atoms with Gasteiger partial charge in [0.05, 0.1) is 0 Å². The fourth-order valence-corrected chi connectivity index (χ4v) is 2.88. The Morgan fingerprint density at radius 1 is 1.30 bits per heavy atom. The topological polar surface area (TPSA) is 61.0 Å². The maximum absolute atomic E-state index is 12.9. The van der Waals surface area contributed by atoms with Crippen molar-refractivity contribution >= 4 is 18.3 Å². The van der Waals surface area contributed by atoms with E-state index in [2.05, 4.69) is 34.6 Å².